The Morgan fingerprint density at radius 2 is 1.87 bits per heavy atom. The second kappa shape index (κ2) is 12.0. The fourth-order valence-electron chi connectivity index (χ4n) is 6.42. The number of benzene rings is 2. The molecule has 0 bridgehead atoms. The van der Waals surface area contributed by atoms with Crippen molar-refractivity contribution in [2.24, 2.45) is 5.92 Å². The Hall–Kier alpha value is -3.43. The lowest BCUT2D eigenvalue weighted by Gasteiger charge is -2.43. The molecule has 198 valence electrons. The van der Waals surface area contributed by atoms with Crippen LogP contribution in [0.2, 0.25) is 0 Å². The summed E-state index contributed by atoms with van der Waals surface area (Å²) in [6.45, 7) is 4.31. The average molecular weight is 511 g/mol. The van der Waals surface area contributed by atoms with Gasteiger partial charge >= 0.3 is 0 Å². The molecule has 1 aliphatic carbocycles. The van der Waals surface area contributed by atoms with Crippen molar-refractivity contribution in [3.8, 4) is 6.07 Å². The van der Waals surface area contributed by atoms with Crippen molar-refractivity contribution in [3.05, 3.63) is 65.2 Å². The van der Waals surface area contributed by atoms with E-state index >= 15 is 0 Å². The van der Waals surface area contributed by atoms with E-state index in [4.69, 9.17) is 0 Å². The van der Waals surface area contributed by atoms with Gasteiger partial charge in [-0.15, -0.1) is 0 Å². The van der Waals surface area contributed by atoms with E-state index in [0.717, 1.165) is 67.2 Å². The average Bonchev–Trinajstić information content (AvgIpc) is 3.61. The number of hydrogen-bond donors (Lipinski definition) is 0. The number of nitriles is 1. The van der Waals surface area contributed by atoms with Gasteiger partial charge in [-0.05, 0) is 79.5 Å². The fourth-order valence-corrected chi connectivity index (χ4v) is 6.42. The van der Waals surface area contributed by atoms with Gasteiger partial charge in [0.05, 0.1) is 17.8 Å². The molecule has 0 N–H and O–H groups in total. The Balaban J connectivity index is 1.46. The number of anilines is 2. The molecule has 2 aromatic carbocycles. The molecule has 1 saturated heterocycles. The van der Waals surface area contributed by atoms with Gasteiger partial charge in [0.2, 0.25) is 5.91 Å². The second-order valence-electron chi connectivity index (χ2n) is 11.0. The predicted octanol–water partition coefficient (Wildman–Crippen LogP) is 5.91. The van der Waals surface area contributed by atoms with Gasteiger partial charge in [0, 0.05) is 44.0 Å². The highest BCUT2D eigenvalue weighted by Gasteiger charge is 2.33. The van der Waals surface area contributed by atoms with Gasteiger partial charge in [0.15, 0.2) is 0 Å². The summed E-state index contributed by atoms with van der Waals surface area (Å²) >= 11 is 0. The molecule has 2 amide bonds. The third-order valence-corrected chi connectivity index (χ3v) is 8.47. The summed E-state index contributed by atoms with van der Waals surface area (Å²) in [5, 5.41) is 9.26. The Kier molecular flexibility index (Phi) is 8.24. The molecule has 5 rings (SSSR count). The zero-order valence-electron chi connectivity index (χ0n) is 22.4. The number of nitrogens with zero attached hydrogens (tertiary/aromatic N) is 4. The number of rotatable bonds is 7. The van der Waals surface area contributed by atoms with Gasteiger partial charge in [-0.25, -0.2) is 0 Å². The normalized spacial score (nSPS) is 20.0. The Bertz CT molecular complexity index is 1240. The van der Waals surface area contributed by atoms with Crippen LogP contribution in [-0.2, 0) is 16.0 Å². The summed E-state index contributed by atoms with van der Waals surface area (Å²) in [6, 6.07) is 15.6. The van der Waals surface area contributed by atoms with Crippen LogP contribution in [0.3, 0.4) is 0 Å². The van der Waals surface area contributed by atoms with E-state index in [1.165, 1.54) is 32.1 Å². The summed E-state index contributed by atoms with van der Waals surface area (Å²) in [7, 11) is 0. The van der Waals surface area contributed by atoms with Crippen LogP contribution in [0.1, 0.15) is 75.0 Å². The number of carbonyl (C=O) groups excluding carboxylic acids is 2. The van der Waals surface area contributed by atoms with E-state index in [2.05, 4.69) is 17.0 Å². The van der Waals surface area contributed by atoms with Crippen molar-refractivity contribution < 1.29 is 9.59 Å². The first-order valence-corrected chi connectivity index (χ1v) is 14.2. The molecule has 1 unspecified atom stereocenters. The van der Waals surface area contributed by atoms with Gasteiger partial charge in [0.1, 0.15) is 0 Å². The lowest BCUT2D eigenvalue weighted by atomic mass is 10.0. The van der Waals surface area contributed by atoms with Crippen molar-refractivity contribution >= 4 is 29.3 Å². The summed E-state index contributed by atoms with van der Waals surface area (Å²) in [5.41, 5.74) is 4.32. The summed E-state index contributed by atoms with van der Waals surface area (Å²) < 4.78 is 0. The highest BCUT2D eigenvalue weighted by atomic mass is 16.2. The lowest BCUT2D eigenvalue weighted by molar-refractivity contribution is -0.116. The van der Waals surface area contributed by atoms with Crippen LogP contribution in [0.25, 0.3) is 6.08 Å². The van der Waals surface area contributed by atoms with E-state index in [0.29, 0.717) is 12.1 Å². The first-order valence-electron chi connectivity index (χ1n) is 14.2. The monoisotopic (exact) mass is 510 g/mol. The minimum Gasteiger partial charge on any atom is -0.312 e. The number of amides is 2. The number of likely N-dealkylation sites (tertiary alicyclic amines) is 1. The maximum absolute atomic E-state index is 14.0. The van der Waals surface area contributed by atoms with E-state index in [1.54, 1.807) is 31.2 Å². The van der Waals surface area contributed by atoms with E-state index in [-0.39, 0.29) is 18.0 Å². The van der Waals surface area contributed by atoms with E-state index < -0.39 is 0 Å². The molecule has 1 saturated carbocycles. The van der Waals surface area contributed by atoms with Gasteiger partial charge in [-0.2, -0.15) is 5.26 Å². The molecule has 2 aliphatic heterocycles. The van der Waals surface area contributed by atoms with Crippen molar-refractivity contribution in [2.45, 2.75) is 70.9 Å². The second-order valence-corrected chi connectivity index (χ2v) is 11.0. The zero-order valence-corrected chi connectivity index (χ0v) is 22.4. The van der Waals surface area contributed by atoms with E-state index in [1.807, 2.05) is 34.1 Å². The third-order valence-electron chi connectivity index (χ3n) is 8.47. The number of carbonyl (C=O) groups is 2. The van der Waals surface area contributed by atoms with Gasteiger partial charge < -0.3 is 4.90 Å². The molecule has 6 nitrogen and oxygen atoms in total. The van der Waals surface area contributed by atoms with Crippen molar-refractivity contribution in [2.75, 3.05) is 29.4 Å². The van der Waals surface area contributed by atoms with Crippen LogP contribution >= 0.6 is 0 Å². The zero-order chi connectivity index (χ0) is 26.5. The van der Waals surface area contributed by atoms with Crippen LogP contribution in [0.4, 0.5) is 11.4 Å². The molecule has 2 aromatic rings. The Labute approximate surface area is 226 Å². The SMILES string of the molecule is CC(=O)N1CCc2ccc(N(C(=O)C=Cc3cccc(C#N)c3)C3CCCCN3CCC3CCCC3)cc21. The number of hydrogen-bond acceptors (Lipinski definition) is 4. The largest absolute Gasteiger partial charge is 0.312 e. The van der Waals surface area contributed by atoms with Crippen molar-refractivity contribution in [3.63, 3.8) is 0 Å². The van der Waals surface area contributed by atoms with Gasteiger partial charge in [-0.3, -0.25) is 19.4 Å². The molecule has 38 heavy (non-hydrogen) atoms. The first kappa shape index (κ1) is 26.2. The standard InChI is InChI=1S/C32H38N4O2/c1-24(37)35-20-17-28-13-14-29(22-30(28)35)36(32(38)15-12-26-9-6-10-27(21-26)23-33)31-11-4-5-18-34(31)19-16-25-7-2-3-8-25/h6,9-10,12-15,21-22,25,31H,2-5,7-8,11,16-20H2,1H3. The molecule has 1 atom stereocenters. The summed E-state index contributed by atoms with van der Waals surface area (Å²) in [5.74, 6) is 0.766. The molecular weight excluding hydrogens is 472 g/mol. The molecule has 0 aromatic heterocycles. The quantitative estimate of drug-likeness (QED) is 0.435. The number of piperidine rings is 1. The molecule has 0 spiro atoms. The topological polar surface area (TPSA) is 67.6 Å². The van der Waals surface area contributed by atoms with E-state index in [9.17, 15) is 14.9 Å². The molecule has 0 radical (unpaired) electrons. The minimum absolute atomic E-state index is 0.0158. The van der Waals surface area contributed by atoms with Crippen LogP contribution in [0.15, 0.2) is 48.5 Å². The molecule has 2 heterocycles. The smallest absolute Gasteiger partial charge is 0.252 e. The lowest BCUT2D eigenvalue weighted by Crippen LogP contribution is -2.53. The minimum atomic E-state index is -0.0718. The van der Waals surface area contributed by atoms with Crippen LogP contribution in [-0.4, -0.2) is 42.5 Å². The molecule has 6 heteroatoms. The van der Waals surface area contributed by atoms with Crippen molar-refractivity contribution in [1.82, 2.24) is 4.90 Å². The maximum atomic E-state index is 14.0. The Morgan fingerprint density at radius 1 is 1.05 bits per heavy atom. The highest BCUT2D eigenvalue weighted by Crippen LogP contribution is 2.35. The predicted molar refractivity (Wildman–Crippen MR) is 152 cm³/mol. The highest BCUT2D eigenvalue weighted by molar-refractivity contribution is 6.05. The first-order chi connectivity index (χ1) is 18.5. The molecular formula is C32H38N4O2. The van der Waals surface area contributed by atoms with Crippen LogP contribution < -0.4 is 9.80 Å². The third kappa shape index (κ3) is 5.84. The molecule has 2 fully saturated rings. The summed E-state index contributed by atoms with van der Waals surface area (Å²) in [6.07, 6.45) is 14.0. The maximum Gasteiger partial charge on any atom is 0.252 e. The summed E-state index contributed by atoms with van der Waals surface area (Å²) in [4.78, 5) is 32.6. The van der Waals surface area contributed by atoms with Crippen molar-refractivity contribution in [1.29, 1.82) is 5.26 Å². The fraction of sp³-hybridized carbons (Fsp3) is 0.469. The molecule has 3 aliphatic rings. The van der Waals surface area contributed by atoms with Gasteiger partial charge in [-0.1, -0.05) is 43.9 Å². The Morgan fingerprint density at radius 3 is 2.66 bits per heavy atom. The number of fused-ring (bicyclic) bond motifs is 1. The van der Waals surface area contributed by atoms with Gasteiger partial charge in [0.25, 0.3) is 5.91 Å². The van der Waals surface area contributed by atoms with Crippen LogP contribution in [0.5, 0.6) is 0 Å². The van der Waals surface area contributed by atoms with Crippen LogP contribution in [0, 0.1) is 17.2 Å².